The van der Waals surface area contributed by atoms with Crippen LogP contribution in [0.5, 0.6) is 0 Å². The van der Waals surface area contributed by atoms with Gasteiger partial charge in [-0.05, 0) is 64.6 Å². The van der Waals surface area contributed by atoms with Crippen LogP contribution in [0, 0.1) is 11.8 Å². The van der Waals surface area contributed by atoms with Gasteiger partial charge in [-0.25, -0.2) is 4.79 Å². The first-order chi connectivity index (χ1) is 29.5. The summed E-state index contributed by atoms with van der Waals surface area (Å²) in [6.45, 7) is 8.34. The van der Waals surface area contributed by atoms with E-state index in [4.69, 9.17) is 28.4 Å². The van der Waals surface area contributed by atoms with Crippen molar-refractivity contribution in [3.8, 4) is 11.1 Å². The Labute approximate surface area is 360 Å². The molecule has 0 aromatic heterocycles. The number of aliphatic hydroxyl groups is 1. The smallest absolute Gasteiger partial charge is 0.339 e. The molecule has 0 bridgehead atoms. The number of aryl methyl sites for hydroxylation is 1. The fraction of sp³-hybridized carbons (Fsp3) is 0.468. The fourth-order valence-corrected chi connectivity index (χ4v) is 8.15. The Morgan fingerprint density at radius 1 is 0.758 bits per heavy atom. The molecule has 3 aromatic carbocycles. The Bertz CT molecular complexity index is 2100. The number of Topliss-reactive ketones (excluding diaryl/α,β-unsaturated/α-hetero) is 1. The van der Waals surface area contributed by atoms with Gasteiger partial charge in [0.1, 0.15) is 6.61 Å². The van der Waals surface area contributed by atoms with Gasteiger partial charge in [-0.3, -0.25) is 28.8 Å². The molecule has 1 aliphatic carbocycles. The molecule has 1 saturated heterocycles. The summed E-state index contributed by atoms with van der Waals surface area (Å²) in [6, 6.07) is 20.2. The monoisotopic (exact) mass is 857 g/mol. The number of fused-ring (bicyclic) bond motifs is 3. The Morgan fingerprint density at radius 3 is 1.90 bits per heavy atom. The van der Waals surface area contributed by atoms with Crippen LogP contribution >= 0.6 is 0 Å². The Hall–Kier alpha value is -5.93. The molecule has 2 N–H and O–H groups in total. The normalized spacial score (nSPS) is 20.2. The molecule has 1 fully saturated rings. The van der Waals surface area contributed by atoms with Gasteiger partial charge in [0.25, 0.3) is 0 Å². The zero-order valence-electron chi connectivity index (χ0n) is 36.0. The second kappa shape index (κ2) is 21.2. The van der Waals surface area contributed by atoms with Crippen molar-refractivity contribution in [1.82, 2.24) is 5.32 Å². The molecule has 15 heteroatoms. The average molecular weight is 858 g/mol. The van der Waals surface area contributed by atoms with E-state index in [2.05, 4.69) is 17.4 Å². The number of benzene rings is 3. The SMILES string of the molecule is COC(=O)[C@H]1O[C@@H](CCc2cc(CC(=O)[C@H](C)NC(=O)[C@@H](CC(=O)OCC3c4ccccc4-c4ccccc43)C(C)C)ccc2CO)[C@H](OC(C)=O)[C@@H](OC(C)=O)[C@@H]1OC(C)=O. The van der Waals surface area contributed by atoms with Crippen LogP contribution in [0.1, 0.15) is 88.1 Å². The van der Waals surface area contributed by atoms with Crippen LogP contribution in [0.3, 0.4) is 0 Å². The zero-order chi connectivity index (χ0) is 45.2. The number of esters is 5. The number of carbonyl (C=O) groups is 7. The molecule has 0 saturated carbocycles. The fourth-order valence-electron chi connectivity index (χ4n) is 8.15. The van der Waals surface area contributed by atoms with Gasteiger partial charge >= 0.3 is 29.8 Å². The number of ether oxygens (including phenoxy) is 6. The third kappa shape index (κ3) is 11.5. The second-order valence-electron chi connectivity index (χ2n) is 16.0. The molecule has 3 aromatic rings. The van der Waals surface area contributed by atoms with E-state index in [1.807, 2.05) is 50.2 Å². The number of nitrogens with one attached hydrogen (secondary N) is 1. The topological polar surface area (TPSA) is 207 Å². The van der Waals surface area contributed by atoms with Crippen LogP contribution in [0.25, 0.3) is 11.1 Å². The van der Waals surface area contributed by atoms with Gasteiger partial charge in [-0.2, -0.15) is 0 Å². The molecule has 1 aliphatic heterocycles. The first-order valence-electron chi connectivity index (χ1n) is 20.7. The lowest BCUT2D eigenvalue weighted by molar-refractivity contribution is -0.249. The average Bonchev–Trinajstić information content (AvgIpc) is 3.55. The summed E-state index contributed by atoms with van der Waals surface area (Å²) < 4.78 is 33.1. The van der Waals surface area contributed by atoms with Crippen molar-refractivity contribution in [2.24, 2.45) is 11.8 Å². The zero-order valence-corrected chi connectivity index (χ0v) is 36.0. The van der Waals surface area contributed by atoms with Crippen LogP contribution in [0.4, 0.5) is 0 Å². The minimum absolute atomic E-state index is 0.0487. The summed E-state index contributed by atoms with van der Waals surface area (Å²) in [5.74, 6) is -5.67. The number of amides is 1. The molecule has 7 atom stereocenters. The Kier molecular flexibility index (Phi) is 16.1. The number of methoxy groups -OCH3 is 1. The third-order valence-corrected chi connectivity index (χ3v) is 11.2. The van der Waals surface area contributed by atoms with Gasteiger partial charge in [-0.15, -0.1) is 0 Å². The largest absolute Gasteiger partial charge is 0.467 e. The van der Waals surface area contributed by atoms with E-state index in [0.29, 0.717) is 16.7 Å². The van der Waals surface area contributed by atoms with Gasteiger partial charge in [0, 0.05) is 33.1 Å². The highest BCUT2D eigenvalue weighted by molar-refractivity contribution is 5.92. The molecule has 15 nitrogen and oxygen atoms in total. The van der Waals surface area contributed by atoms with Crippen LogP contribution in [0.2, 0.25) is 0 Å². The predicted molar refractivity (Wildman–Crippen MR) is 222 cm³/mol. The minimum atomic E-state index is -1.54. The molecule has 1 heterocycles. The first-order valence-corrected chi connectivity index (χ1v) is 20.7. The molecule has 0 unspecified atom stereocenters. The standard InChI is InChI=1S/C47H55NO14/c1-25(2)37(22-41(54)58-24-38-35-14-10-8-12-33(35)34-13-9-11-15-36(34)38)46(55)48-26(3)39(53)21-30-16-17-32(23-49)31(20-30)18-19-40-42(59-27(4)50)43(60-28(5)51)44(61-29(6)52)45(62-40)47(56)57-7/h8-17,20,25-26,37-38,40,42-45,49H,18-19,21-24H2,1-7H3,(H,48,55)/t26-,37-,40-,42-,43+,44-,45-/m0/s1. The van der Waals surface area contributed by atoms with Crippen molar-refractivity contribution in [1.29, 1.82) is 0 Å². The summed E-state index contributed by atoms with van der Waals surface area (Å²) in [5, 5.41) is 13.0. The highest BCUT2D eigenvalue weighted by Crippen LogP contribution is 2.44. The van der Waals surface area contributed by atoms with Crippen molar-refractivity contribution in [2.75, 3.05) is 13.7 Å². The summed E-state index contributed by atoms with van der Waals surface area (Å²) >= 11 is 0. The van der Waals surface area contributed by atoms with Gasteiger partial charge in [0.2, 0.25) is 5.91 Å². The van der Waals surface area contributed by atoms with Crippen molar-refractivity contribution in [3.63, 3.8) is 0 Å². The maximum absolute atomic E-state index is 13.6. The maximum Gasteiger partial charge on any atom is 0.339 e. The Balaban J connectivity index is 1.23. The summed E-state index contributed by atoms with van der Waals surface area (Å²) in [4.78, 5) is 89.7. The lowest BCUT2D eigenvalue weighted by Crippen LogP contribution is -2.63. The van der Waals surface area contributed by atoms with E-state index in [1.165, 1.54) is 0 Å². The summed E-state index contributed by atoms with van der Waals surface area (Å²) in [7, 11) is 1.10. The molecule has 332 valence electrons. The number of aliphatic hydroxyl groups excluding tert-OH is 1. The third-order valence-electron chi connectivity index (χ3n) is 11.2. The van der Waals surface area contributed by atoms with Gasteiger partial charge in [-0.1, -0.05) is 80.6 Å². The number of carbonyl (C=O) groups excluding carboxylic acids is 7. The molecule has 1 amide bonds. The molecule has 5 rings (SSSR count). The van der Waals surface area contributed by atoms with E-state index in [1.54, 1.807) is 25.1 Å². The van der Waals surface area contributed by atoms with Crippen LogP contribution < -0.4 is 5.32 Å². The van der Waals surface area contributed by atoms with Gasteiger partial charge < -0.3 is 38.8 Å². The van der Waals surface area contributed by atoms with Gasteiger partial charge in [0.15, 0.2) is 30.2 Å². The first kappa shape index (κ1) is 47.1. The second-order valence-corrected chi connectivity index (χ2v) is 16.0. The molecule has 0 spiro atoms. The molecule has 0 radical (unpaired) electrons. The molecule has 2 aliphatic rings. The lowest BCUT2D eigenvalue weighted by atomic mass is 9.89. The van der Waals surface area contributed by atoms with E-state index in [-0.39, 0.29) is 56.5 Å². The van der Waals surface area contributed by atoms with E-state index < -0.39 is 78.2 Å². The van der Waals surface area contributed by atoms with Crippen LogP contribution in [0.15, 0.2) is 66.7 Å². The van der Waals surface area contributed by atoms with Gasteiger partial charge in [0.05, 0.1) is 38.2 Å². The highest BCUT2D eigenvalue weighted by atomic mass is 16.7. The van der Waals surface area contributed by atoms with E-state index in [9.17, 15) is 38.7 Å². The molecule has 62 heavy (non-hydrogen) atoms. The number of ketones is 1. The highest BCUT2D eigenvalue weighted by Gasteiger charge is 2.54. The number of rotatable bonds is 18. The number of hydrogen-bond acceptors (Lipinski definition) is 14. The minimum Gasteiger partial charge on any atom is -0.467 e. The van der Waals surface area contributed by atoms with Crippen molar-refractivity contribution < 1.29 is 67.1 Å². The molecular weight excluding hydrogens is 803 g/mol. The van der Waals surface area contributed by atoms with E-state index in [0.717, 1.165) is 50.1 Å². The van der Waals surface area contributed by atoms with Crippen molar-refractivity contribution in [3.05, 3.63) is 94.5 Å². The van der Waals surface area contributed by atoms with Crippen molar-refractivity contribution in [2.45, 2.75) is 116 Å². The maximum atomic E-state index is 13.6. The molecular formula is C47H55NO14. The Morgan fingerprint density at radius 2 is 1.34 bits per heavy atom. The quantitative estimate of drug-likeness (QED) is 0.134. The summed E-state index contributed by atoms with van der Waals surface area (Å²) in [6.07, 6.45) is -6.92. The predicted octanol–water partition coefficient (Wildman–Crippen LogP) is 4.48. The van der Waals surface area contributed by atoms with E-state index >= 15 is 0 Å². The summed E-state index contributed by atoms with van der Waals surface area (Å²) in [5.41, 5.74) is 6.06. The lowest BCUT2D eigenvalue weighted by Gasteiger charge is -2.43. The number of hydrogen-bond donors (Lipinski definition) is 2. The van der Waals surface area contributed by atoms with Crippen LogP contribution in [-0.4, -0.2) is 96.9 Å². The van der Waals surface area contributed by atoms with Crippen molar-refractivity contribution >= 4 is 41.5 Å². The van der Waals surface area contributed by atoms with Crippen LogP contribution in [-0.2, 0) is 81.4 Å².